The Kier molecular flexibility index (Phi) is 4.59. The lowest BCUT2D eigenvalue weighted by Gasteiger charge is -2.06. The number of hydrogen-bond acceptors (Lipinski definition) is 6. The van der Waals surface area contributed by atoms with Crippen LogP contribution in [0.1, 0.15) is 11.3 Å². The van der Waals surface area contributed by atoms with Gasteiger partial charge < -0.3 is 4.74 Å². The van der Waals surface area contributed by atoms with Gasteiger partial charge in [0.1, 0.15) is 6.61 Å². The smallest absolute Gasteiger partial charge is 0.290 e. The zero-order valence-corrected chi connectivity index (χ0v) is 13.2. The van der Waals surface area contributed by atoms with Crippen molar-refractivity contribution < 1.29 is 14.3 Å². The van der Waals surface area contributed by atoms with E-state index in [2.05, 4.69) is 15.3 Å². The molecule has 0 unspecified atom stereocenters. The lowest BCUT2D eigenvalue weighted by Crippen LogP contribution is -2.17. The van der Waals surface area contributed by atoms with Gasteiger partial charge in [0.15, 0.2) is 0 Å². The van der Waals surface area contributed by atoms with E-state index in [9.17, 15) is 9.59 Å². The van der Waals surface area contributed by atoms with E-state index in [1.165, 1.54) is 6.08 Å². The summed E-state index contributed by atoms with van der Waals surface area (Å²) in [5, 5.41) is 1.75. The van der Waals surface area contributed by atoms with Crippen LogP contribution in [0.25, 0.3) is 6.08 Å². The zero-order chi connectivity index (χ0) is 16.2. The van der Waals surface area contributed by atoms with E-state index in [-0.39, 0.29) is 16.1 Å². The van der Waals surface area contributed by atoms with E-state index in [0.29, 0.717) is 12.3 Å². The summed E-state index contributed by atoms with van der Waals surface area (Å²) in [5.41, 5.74) is 1.37. The normalized spacial score (nSPS) is 15.8. The first kappa shape index (κ1) is 15.5. The molecule has 0 bridgehead atoms. The first-order valence-electron chi connectivity index (χ1n) is 6.56. The third kappa shape index (κ3) is 4.08. The summed E-state index contributed by atoms with van der Waals surface area (Å²) in [6.07, 6.45) is 1.47. The van der Waals surface area contributed by atoms with Crippen LogP contribution in [0.15, 0.2) is 41.3 Å². The largest absolute Gasteiger partial charge is 0.473 e. The molecule has 1 saturated heterocycles. The van der Waals surface area contributed by atoms with E-state index in [1.807, 2.05) is 30.3 Å². The molecule has 6 nitrogen and oxygen atoms in total. The predicted octanol–water partition coefficient (Wildman–Crippen LogP) is 3.03. The number of rotatable bonds is 4. The van der Waals surface area contributed by atoms with E-state index >= 15 is 0 Å². The highest BCUT2D eigenvalue weighted by Gasteiger charge is 2.25. The molecule has 8 heteroatoms. The lowest BCUT2D eigenvalue weighted by atomic mass is 10.2. The highest BCUT2D eigenvalue weighted by Crippen LogP contribution is 2.26. The molecular weight excluding hydrogens is 338 g/mol. The number of thioether (sulfide) groups is 1. The number of benzene rings is 1. The number of aromatic nitrogens is 2. The second-order valence-corrected chi connectivity index (χ2v) is 5.88. The maximum atomic E-state index is 11.5. The van der Waals surface area contributed by atoms with E-state index < -0.39 is 11.1 Å². The van der Waals surface area contributed by atoms with Gasteiger partial charge in [-0.25, -0.2) is 4.98 Å². The minimum atomic E-state index is -0.457. The molecule has 23 heavy (non-hydrogen) atoms. The van der Waals surface area contributed by atoms with Crippen LogP contribution < -0.4 is 10.1 Å². The Labute approximate surface area is 140 Å². The maximum Gasteiger partial charge on any atom is 0.290 e. The summed E-state index contributed by atoms with van der Waals surface area (Å²) >= 11 is 6.68. The van der Waals surface area contributed by atoms with Crippen molar-refractivity contribution in [1.82, 2.24) is 15.3 Å². The molecule has 116 valence electrons. The summed E-state index contributed by atoms with van der Waals surface area (Å²) in [5.74, 6) is -0.170. The fourth-order valence-electron chi connectivity index (χ4n) is 1.85. The van der Waals surface area contributed by atoms with Crippen LogP contribution in [0.4, 0.5) is 4.79 Å². The zero-order valence-electron chi connectivity index (χ0n) is 11.7. The minimum Gasteiger partial charge on any atom is -0.473 e. The van der Waals surface area contributed by atoms with Crippen LogP contribution >= 0.6 is 23.4 Å². The maximum absolute atomic E-state index is 11.5. The molecule has 0 atom stereocenters. The van der Waals surface area contributed by atoms with Crippen molar-refractivity contribution in [3.8, 4) is 5.88 Å². The lowest BCUT2D eigenvalue weighted by molar-refractivity contribution is -0.115. The van der Waals surface area contributed by atoms with Crippen molar-refractivity contribution in [2.24, 2.45) is 0 Å². The van der Waals surface area contributed by atoms with Gasteiger partial charge in [-0.1, -0.05) is 30.3 Å². The molecule has 0 aliphatic carbocycles. The van der Waals surface area contributed by atoms with Crippen LogP contribution in [-0.4, -0.2) is 21.1 Å². The minimum absolute atomic E-state index is 0.00265. The third-order valence-electron chi connectivity index (χ3n) is 2.85. The monoisotopic (exact) mass is 347 g/mol. The Balaban J connectivity index is 1.78. The number of hydrogen-bond donors (Lipinski definition) is 1. The molecule has 2 heterocycles. The highest BCUT2D eigenvalue weighted by molar-refractivity contribution is 8.18. The predicted molar refractivity (Wildman–Crippen MR) is 86.9 cm³/mol. The van der Waals surface area contributed by atoms with Crippen molar-refractivity contribution in [3.63, 3.8) is 0 Å². The second kappa shape index (κ2) is 6.80. The molecule has 1 aliphatic rings. The first-order chi connectivity index (χ1) is 11.1. The quantitative estimate of drug-likeness (QED) is 0.676. The molecule has 1 N–H and O–H groups in total. The van der Waals surface area contributed by atoms with Crippen molar-refractivity contribution >= 4 is 40.6 Å². The molecule has 0 spiro atoms. The summed E-state index contributed by atoms with van der Waals surface area (Å²) in [7, 11) is 0. The summed E-state index contributed by atoms with van der Waals surface area (Å²) in [6, 6.07) is 11.1. The molecule has 0 radical (unpaired) electrons. The Bertz CT molecular complexity index is 796. The van der Waals surface area contributed by atoms with E-state index in [4.69, 9.17) is 16.3 Å². The number of carbonyl (C=O) groups excluding carboxylic acids is 2. The summed E-state index contributed by atoms with van der Waals surface area (Å²) in [6.45, 7) is 0.331. The van der Waals surface area contributed by atoms with Crippen molar-refractivity contribution in [2.75, 3.05) is 0 Å². The molecular formula is C15H10ClN3O3S. The van der Waals surface area contributed by atoms with Crippen LogP contribution in [0.3, 0.4) is 0 Å². The van der Waals surface area contributed by atoms with Crippen molar-refractivity contribution in [1.29, 1.82) is 0 Å². The molecule has 1 fully saturated rings. The van der Waals surface area contributed by atoms with E-state index in [1.54, 1.807) is 6.07 Å². The summed E-state index contributed by atoms with van der Waals surface area (Å²) in [4.78, 5) is 30.9. The van der Waals surface area contributed by atoms with Gasteiger partial charge in [-0.2, -0.15) is 4.98 Å². The van der Waals surface area contributed by atoms with Gasteiger partial charge in [-0.15, -0.1) is 0 Å². The topological polar surface area (TPSA) is 81.2 Å². The van der Waals surface area contributed by atoms with Crippen LogP contribution in [0.5, 0.6) is 5.88 Å². The van der Waals surface area contributed by atoms with Crippen LogP contribution in [-0.2, 0) is 11.4 Å². The first-order valence-corrected chi connectivity index (χ1v) is 7.76. The third-order valence-corrected chi connectivity index (χ3v) is 3.83. The fourth-order valence-corrected chi connectivity index (χ4v) is 2.70. The number of halogens is 1. The molecule has 1 aromatic heterocycles. The highest BCUT2D eigenvalue weighted by atomic mass is 35.5. The number of nitrogens with one attached hydrogen (secondary N) is 1. The molecule has 0 saturated carbocycles. The van der Waals surface area contributed by atoms with Crippen LogP contribution in [0.2, 0.25) is 5.28 Å². The van der Waals surface area contributed by atoms with Crippen molar-refractivity contribution in [3.05, 3.63) is 57.8 Å². The van der Waals surface area contributed by atoms with Crippen molar-refractivity contribution in [2.45, 2.75) is 6.61 Å². The molecule has 1 aromatic carbocycles. The Morgan fingerprint density at radius 3 is 2.70 bits per heavy atom. The number of amides is 2. The number of ether oxygens (including phenoxy) is 1. The Morgan fingerprint density at radius 1 is 1.22 bits per heavy atom. The summed E-state index contributed by atoms with van der Waals surface area (Å²) < 4.78 is 5.59. The van der Waals surface area contributed by atoms with Crippen LogP contribution in [0, 0.1) is 0 Å². The molecule has 1 aliphatic heterocycles. The Morgan fingerprint density at radius 2 is 2.00 bits per heavy atom. The molecule has 3 rings (SSSR count). The Hall–Kier alpha value is -2.38. The van der Waals surface area contributed by atoms with Gasteiger partial charge in [0.25, 0.3) is 11.1 Å². The van der Waals surface area contributed by atoms with Gasteiger partial charge in [0, 0.05) is 6.07 Å². The fraction of sp³-hybridized carbons (Fsp3) is 0.0667. The average molecular weight is 348 g/mol. The van der Waals surface area contributed by atoms with Gasteiger partial charge in [0.2, 0.25) is 11.2 Å². The average Bonchev–Trinajstić information content (AvgIpc) is 2.83. The molecule has 2 amide bonds. The molecule has 2 aromatic rings. The van der Waals surface area contributed by atoms with E-state index in [0.717, 1.165) is 17.3 Å². The number of carbonyl (C=O) groups is 2. The number of imide groups is 1. The van der Waals surface area contributed by atoms with Gasteiger partial charge in [-0.05, 0) is 35.0 Å². The SMILES string of the molecule is O=C1NC(=O)C(=Cc2cc(OCc3ccccc3)nc(Cl)n2)S1. The van der Waals surface area contributed by atoms with Gasteiger partial charge >= 0.3 is 0 Å². The standard InChI is InChI=1S/C15H10ClN3O3S/c16-14-17-10(6-11-13(20)19-15(21)23-11)7-12(18-14)22-8-9-4-2-1-3-5-9/h1-7H,8H2,(H,19,20,21). The number of nitrogens with zero attached hydrogens (tertiary/aromatic N) is 2. The van der Waals surface area contributed by atoms with Gasteiger partial charge in [-0.3, -0.25) is 14.9 Å². The second-order valence-electron chi connectivity index (χ2n) is 4.53. The van der Waals surface area contributed by atoms with Gasteiger partial charge in [0.05, 0.1) is 10.6 Å².